The first-order chi connectivity index (χ1) is 15.9. The van der Waals surface area contributed by atoms with Crippen molar-refractivity contribution in [2.45, 2.75) is 13.5 Å². The second-order valence-corrected chi connectivity index (χ2v) is 8.48. The molecular formula is C25H24BrN3O3S. The average Bonchev–Trinajstić information content (AvgIpc) is 2.80. The number of benzene rings is 3. The fraction of sp³-hybridized carbons (Fsp3) is 0.160. The van der Waals surface area contributed by atoms with Crippen LogP contribution in [-0.2, 0) is 6.54 Å². The Bertz CT molecular complexity index is 1150. The zero-order valence-corrected chi connectivity index (χ0v) is 20.7. The molecule has 0 saturated carbocycles. The van der Waals surface area contributed by atoms with Crippen molar-refractivity contribution >= 4 is 50.8 Å². The lowest BCUT2D eigenvalue weighted by Crippen LogP contribution is -2.34. The Morgan fingerprint density at radius 2 is 1.76 bits per heavy atom. The molecule has 8 heteroatoms. The van der Waals surface area contributed by atoms with Gasteiger partial charge < -0.3 is 15.0 Å². The summed E-state index contributed by atoms with van der Waals surface area (Å²) in [6.07, 6.45) is 0. The molecule has 0 radical (unpaired) electrons. The van der Waals surface area contributed by atoms with Crippen LogP contribution in [-0.4, -0.2) is 35.5 Å². The number of hydrogen-bond donors (Lipinski definition) is 2. The zero-order valence-electron chi connectivity index (χ0n) is 18.3. The van der Waals surface area contributed by atoms with Gasteiger partial charge in [-0.2, -0.15) is 0 Å². The Labute approximate surface area is 207 Å². The molecule has 0 bridgehead atoms. The molecule has 0 atom stereocenters. The Balaban J connectivity index is 1.61. The third-order valence-electron chi connectivity index (χ3n) is 4.70. The Morgan fingerprint density at radius 3 is 2.45 bits per heavy atom. The lowest BCUT2D eigenvalue weighted by molar-refractivity contribution is 0.0785. The van der Waals surface area contributed by atoms with E-state index in [9.17, 15) is 9.59 Å². The van der Waals surface area contributed by atoms with Crippen molar-refractivity contribution in [2.75, 3.05) is 19.0 Å². The number of anilines is 1. The second-order valence-electron chi connectivity index (χ2n) is 7.21. The van der Waals surface area contributed by atoms with Crippen LogP contribution in [0.5, 0.6) is 5.75 Å². The molecule has 0 aliphatic heterocycles. The van der Waals surface area contributed by atoms with Gasteiger partial charge in [-0.1, -0.05) is 36.4 Å². The van der Waals surface area contributed by atoms with Gasteiger partial charge >= 0.3 is 0 Å². The van der Waals surface area contributed by atoms with Crippen molar-refractivity contribution in [1.82, 2.24) is 10.2 Å². The molecule has 0 unspecified atom stereocenters. The van der Waals surface area contributed by atoms with Crippen molar-refractivity contribution in [3.05, 3.63) is 94.0 Å². The lowest BCUT2D eigenvalue weighted by atomic mass is 10.1. The quantitative estimate of drug-likeness (QED) is 0.412. The predicted octanol–water partition coefficient (Wildman–Crippen LogP) is 5.25. The first-order valence-corrected chi connectivity index (χ1v) is 11.5. The summed E-state index contributed by atoms with van der Waals surface area (Å²) in [5.41, 5.74) is 2.60. The number of nitrogens with zero attached hydrogens (tertiary/aromatic N) is 1. The average molecular weight is 526 g/mol. The number of hydrogen-bond acceptors (Lipinski definition) is 4. The van der Waals surface area contributed by atoms with Gasteiger partial charge in [-0.25, -0.2) is 0 Å². The van der Waals surface area contributed by atoms with Gasteiger partial charge in [0.05, 0.1) is 11.1 Å². The fourth-order valence-electron chi connectivity index (χ4n) is 3.13. The molecular weight excluding hydrogens is 502 g/mol. The Kier molecular flexibility index (Phi) is 8.57. The largest absolute Gasteiger partial charge is 0.493 e. The maximum absolute atomic E-state index is 12.8. The van der Waals surface area contributed by atoms with Crippen LogP contribution < -0.4 is 15.4 Å². The molecule has 0 aliphatic carbocycles. The van der Waals surface area contributed by atoms with E-state index in [1.165, 1.54) is 0 Å². The molecule has 6 nitrogen and oxygen atoms in total. The van der Waals surface area contributed by atoms with Crippen molar-refractivity contribution in [2.24, 2.45) is 0 Å². The number of carbonyl (C=O) groups excluding carboxylic acids is 2. The van der Waals surface area contributed by atoms with Crippen molar-refractivity contribution in [3.8, 4) is 5.75 Å². The minimum Gasteiger partial charge on any atom is -0.493 e. The van der Waals surface area contributed by atoms with Crippen LogP contribution in [0.15, 0.2) is 77.3 Å². The van der Waals surface area contributed by atoms with Crippen LogP contribution in [0, 0.1) is 0 Å². The zero-order chi connectivity index (χ0) is 23.8. The minimum absolute atomic E-state index is 0.114. The smallest absolute Gasteiger partial charge is 0.257 e. The van der Waals surface area contributed by atoms with Gasteiger partial charge in [0.15, 0.2) is 5.11 Å². The molecule has 0 saturated heterocycles. The van der Waals surface area contributed by atoms with Gasteiger partial charge in [0.1, 0.15) is 5.75 Å². The van der Waals surface area contributed by atoms with Crippen LogP contribution in [0.1, 0.15) is 33.2 Å². The highest BCUT2D eigenvalue weighted by atomic mass is 79.9. The van der Waals surface area contributed by atoms with Crippen LogP contribution in [0.2, 0.25) is 0 Å². The summed E-state index contributed by atoms with van der Waals surface area (Å²) in [6.45, 7) is 2.92. The predicted molar refractivity (Wildman–Crippen MR) is 138 cm³/mol. The molecule has 0 heterocycles. The van der Waals surface area contributed by atoms with E-state index in [-0.39, 0.29) is 16.9 Å². The van der Waals surface area contributed by atoms with Gasteiger partial charge in [-0.15, -0.1) is 0 Å². The molecule has 0 fully saturated rings. The summed E-state index contributed by atoms with van der Waals surface area (Å²) in [4.78, 5) is 27.0. The van der Waals surface area contributed by atoms with Crippen molar-refractivity contribution in [3.63, 3.8) is 0 Å². The number of rotatable bonds is 7. The van der Waals surface area contributed by atoms with Gasteiger partial charge in [0, 0.05) is 30.4 Å². The molecule has 2 N–H and O–H groups in total. The highest BCUT2D eigenvalue weighted by Crippen LogP contribution is 2.26. The molecule has 33 heavy (non-hydrogen) atoms. The second kappa shape index (κ2) is 11.6. The topological polar surface area (TPSA) is 70.7 Å². The summed E-state index contributed by atoms with van der Waals surface area (Å²) in [6, 6.07) is 21.8. The number of carbonyl (C=O) groups is 2. The molecule has 3 aromatic carbocycles. The summed E-state index contributed by atoms with van der Waals surface area (Å²) in [5.74, 6) is 0.191. The van der Waals surface area contributed by atoms with E-state index in [0.29, 0.717) is 40.2 Å². The maximum Gasteiger partial charge on any atom is 0.257 e. The van der Waals surface area contributed by atoms with Crippen LogP contribution in [0.3, 0.4) is 0 Å². The SMILES string of the molecule is CCOc1ccc(C(=O)NC(=S)Nc2cccc(C(=O)N(C)Cc3ccccc3)c2)cc1Br. The van der Waals surface area contributed by atoms with Crippen LogP contribution in [0.25, 0.3) is 0 Å². The Hall–Kier alpha value is -3.23. The molecule has 3 aromatic rings. The number of ether oxygens (including phenoxy) is 1. The molecule has 2 amide bonds. The molecule has 3 rings (SSSR count). The highest BCUT2D eigenvalue weighted by molar-refractivity contribution is 9.10. The molecule has 170 valence electrons. The van der Waals surface area contributed by atoms with Crippen LogP contribution >= 0.6 is 28.1 Å². The number of halogens is 1. The highest BCUT2D eigenvalue weighted by Gasteiger charge is 2.14. The summed E-state index contributed by atoms with van der Waals surface area (Å²) in [7, 11) is 1.76. The van der Waals surface area contributed by atoms with Crippen molar-refractivity contribution < 1.29 is 14.3 Å². The third-order valence-corrected chi connectivity index (χ3v) is 5.52. The van der Waals surface area contributed by atoms with Crippen molar-refractivity contribution in [1.29, 1.82) is 0 Å². The van der Waals surface area contributed by atoms with E-state index in [1.54, 1.807) is 54.4 Å². The van der Waals surface area contributed by atoms with E-state index < -0.39 is 0 Å². The minimum atomic E-state index is -0.355. The lowest BCUT2D eigenvalue weighted by Gasteiger charge is -2.18. The number of thiocarbonyl (C=S) groups is 1. The molecule has 0 aromatic heterocycles. The fourth-order valence-corrected chi connectivity index (χ4v) is 3.84. The van der Waals surface area contributed by atoms with E-state index >= 15 is 0 Å². The normalized spacial score (nSPS) is 10.3. The monoisotopic (exact) mass is 525 g/mol. The van der Waals surface area contributed by atoms with E-state index in [4.69, 9.17) is 17.0 Å². The van der Waals surface area contributed by atoms with Gasteiger partial charge in [0.2, 0.25) is 0 Å². The standard InChI is InChI=1S/C25H24BrN3O3S/c1-3-32-22-13-12-18(15-21(22)26)23(30)28-25(33)27-20-11-7-10-19(14-20)24(31)29(2)16-17-8-5-4-6-9-17/h4-15H,3,16H2,1-2H3,(H2,27,28,30,33). The van der Waals surface area contributed by atoms with Crippen LogP contribution in [0.4, 0.5) is 5.69 Å². The van der Waals surface area contributed by atoms with Gasteiger partial charge in [-0.3, -0.25) is 14.9 Å². The third kappa shape index (κ3) is 6.87. The Morgan fingerprint density at radius 1 is 1.00 bits per heavy atom. The molecule has 0 spiro atoms. The van der Waals surface area contributed by atoms with Gasteiger partial charge in [-0.05, 0) is 77.0 Å². The van der Waals surface area contributed by atoms with E-state index in [2.05, 4.69) is 26.6 Å². The summed E-state index contributed by atoms with van der Waals surface area (Å²) < 4.78 is 6.15. The first kappa shape index (κ1) is 24.4. The first-order valence-electron chi connectivity index (χ1n) is 10.3. The van der Waals surface area contributed by atoms with E-state index in [0.717, 1.165) is 5.56 Å². The number of nitrogens with one attached hydrogen (secondary N) is 2. The van der Waals surface area contributed by atoms with E-state index in [1.807, 2.05) is 37.3 Å². The summed E-state index contributed by atoms with van der Waals surface area (Å²) in [5, 5.41) is 5.75. The summed E-state index contributed by atoms with van der Waals surface area (Å²) >= 11 is 8.69. The number of amides is 2. The molecule has 0 aliphatic rings. The maximum atomic E-state index is 12.8. The van der Waals surface area contributed by atoms with Gasteiger partial charge in [0.25, 0.3) is 11.8 Å².